The SMILES string of the molecule is Cc1ncccc1NCc1cccnc1Cl. The molecule has 0 aromatic carbocycles. The van der Waals surface area contributed by atoms with Crippen LogP contribution in [-0.2, 0) is 6.54 Å². The maximum Gasteiger partial charge on any atom is 0.133 e. The van der Waals surface area contributed by atoms with Gasteiger partial charge < -0.3 is 5.32 Å². The maximum absolute atomic E-state index is 5.96. The number of halogens is 1. The van der Waals surface area contributed by atoms with Crippen LogP contribution < -0.4 is 5.32 Å². The van der Waals surface area contributed by atoms with E-state index in [1.54, 1.807) is 12.4 Å². The monoisotopic (exact) mass is 233 g/mol. The molecule has 0 unspecified atom stereocenters. The number of anilines is 1. The van der Waals surface area contributed by atoms with E-state index in [0.717, 1.165) is 16.9 Å². The van der Waals surface area contributed by atoms with Gasteiger partial charge in [-0.2, -0.15) is 0 Å². The van der Waals surface area contributed by atoms with E-state index in [-0.39, 0.29) is 0 Å². The molecule has 1 N–H and O–H groups in total. The van der Waals surface area contributed by atoms with Gasteiger partial charge in [-0.05, 0) is 25.1 Å². The minimum atomic E-state index is 0.538. The Hall–Kier alpha value is -1.61. The average molecular weight is 234 g/mol. The largest absolute Gasteiger partial charge is 0.379 e. The zero-order valence-electron chi connectivity index (χ0n) is 8.94. The van der Waals surface area contributed by atoms with Crippen LogP contribution in [0, 0.1) is 6.92 Å². The summed E-state index contributed by atoms with van der Waals surface area (Å²) in [5.74, 6) is 0. The smallest absolute Gasteiger partial charge is 0.133 e. The van der Waals surface area contributed by atoms with Crippen molar-refractivity contribution in [2.75, 3.05) is 5.32 Å². The number of hydrogen-bond donors (Lipinski definition) is 1. The number of hydrogen-bond acceptors (Lipinski definition) is 3. The Labute approximate surface area is 99.5 Å². The second-order valence-corrected chi connectivity index (χ2v) is 3.80. The third-order valence-electron chi connectivity index (χ3n) is 2.31. The summed E-state index contributed by atoms with van der Waals surface area (Å²) in [6.07, 6.45) is 3.46. The van der Waals surface area contributed by atoms with Crippen molar-refractivity contribution in [2.45, 2.75) is 13.5 Å². The fraction of sp³-hybridized carbons (Fsp3) is 0.167. The van der Waals surface area contributed by atoms with E-state index in [2.05, 4.69) is 15.3 Å². The predicted octanol–water partition coefficient (Wildman–Crippen LogP) is 3.05. The summed E-state index contributed by atoms with van der Waals surface area (Å²) in [6, 6.07) is 7.72. The van der Waals surface area contributed by atoms with Crippen molar-refractivity contribution in [3.05, 3.63) is 53.1 Å². The van der Waals surface area contributed by atoms with E-state index < -0.39 is 0 Å². The first-order valence-corrected chi connectivity index (χ1v) is 5.40. The van der Waals surface area contributed by atoms with Crippen molar-refractivity contribution in [1.29, 1.82) is 0 Å². The molecular formula is C12H12ClN3. The molecule has 0 saturated heterocycles. The molecule has 0 fully saturated rings. The number of pyridine rings is 2. The van der Waals surface area contributed by atoms with Crippen molar-refractivity contribution in [1.82, 2.24) is 9.97 Å². The normalized spacial score (nSPS) is 10.1. The fourth-order valence-electron chi connectivity index (χ4n) is 1.41. The number of rotatable bonds is 3. The number of nitrogens with one attached hydrogen (secondary N) is 1. The highest BCUT2D eigenvalue weighted by Gasteiger charge is 2.01. The molecule has 0 aliphatic rings. The molecule has 3 nitrogen and oxygen atoms in total. The van der Waals surface area contributed by atoms with Crippen LogP contribution in [0.2, 0.25) is 5.15 Å². The maximum atomic E-state index is 5.96. The van der Waals surface area contributed by atoms with E-state index in [0.29, 0.717) is 11.7 Å². The lowest BCUT2D eigenvalue weighted by molar-refractivity contribution is 1.09. The van der Waals surface area contributed by atoms with Crippen LogP contribution in [0.5, 0.6) is 0 Å². The highest BCUT2D eigenvalue weighted by Crippen LogP contribution is 2.15. The standard InChI is InChI=1S/C12H12ClN3/c1-9-11(5-3-6-14-9)16-8-10-4-2-7-15-12(10)13/h2-7,16H,8H2,1H3. The van der Waals surface area contributed by atoms with Crippen molar-refractivity contribution in [3.63, 3.8) is 0 Å². The van der Waals surface area contributed by atoms with Crippen LogP contribution in [0.4, 0.5) is 5.69 Å². The van der Waals surface area contributed by atoms with Gasteiger partial charge in [0.1, 0.15) is 5.15 Å². The van der Waals surface area contributed by atoms with Crippen molar-refractivity contribution in [3.8, 4) is 0 Å². The van der Waals surface area contributed by atoms with Gasteiger partial charge in [0.05, 0.1) is 11.4 Å². The summed E-state index contributed by atoms with van der Waals surface area (Å²) in [4.78, 5) is 8.23. The fourth-order valence-corrected chi connectivity index (χ4v) is 1.60. The van der Waals surface area contributed by atoms with Crippen LogP contribution >= 0.6 is 11.6 Å². The van der Waals surface area contributed by atoms with Crippen LogP contribution in [0.15, 0.2) is 36.7 Å². The Morgan fingerprint density at radius 1 is 1.19 bits per heavy atom. The summed E-state index contributed by atoms with van der Waals surface area (Å²) in [5, 5.41) is 3.82. The van der Waals surface area contributed by atoms with Gasteiger partial charge in [-0.15, -0.1) is 0 Å². The van der Waals surface area contributed by atoms with Crippen molar-refractivity contribution in [2.24, 2.45) is 0 Å². The molecule has 2 aromatic heterocycles. The second-order valence-electron chi connectivity index (χ2n) is 3.44. The highest BCUT2D eigenvalue weighted by molar-refractivity contribution is 6.30. The molecule has 0 atom stereocenters. The molecule has 0 aliphatic carbocycles. The summed E-state index contributed by atoms with van der Waals surface area (Å²) in [6.45, 7) is 2.62. The first-order chi connectivity index (χ1) is 7.77. The van der Waals surface area contributed by atoms with Gasteiger partial charge in [-0.1, -0.05) is 17.7 Å². The van der Waals surface area contributed by atoms with Gasteiger partial charge in [0.2, 0.25) is 0 Å². The van der Waals surface area contributed by atoms with E-state index in [1.165, 1.54) is 0 Å². The quantitative estimate of drug-likeness (QED) is 0.828. The van der Waals surface area contributed by atoms with E-state index in [1.807, 2.05) is 31.2 Å². The lowest BCUT2D eigenvalue weighted by Crippen LogP contribution is -2.02. The first kappa shape index (κ1) is 10.9. The molecule has 2 rings (SSSR count). The molecule has 0 amide bonds. The molecule has 0 radical (unpaired) electrons. The number of nitrogens with zero attached hydrogens (tertiary/aromatic N) is 2. The third kappa shape index (κ3) is 2.49. The van der Waals surface area contributed by atoms with Gasteiger partial charge in [-0.25, -0.2) is 4.98 Å². The summed E-state index contributed by atoms with van der Waals surface area (Å²) in [5.41, 5.74) is 2.97. The van der Waals surface area contributed by atoms with Crippen LogP contribution in [0.1, 0.15) is 11.3 Å². The van der Waals surface area contributed by atoms with Gasteiger partial charge in [-0.3, -0.25) is 4.98 Å². The molecule has 2 heterocycles. The van der Waals surface area contributed by atoms with E-state index in [9.17, 15) is 0 Å². The topological polar surface area (TPSA) is 37.8 Å². The minimum Gasteiger partial charge on any atom is -0.379 e. The molecule has 16 heavy (non-hydrogen) atoms. The summed E-state index contributed by atoms with van der Waals surface area (Å²) in [7, 11) is 0. The number of aryl methyl sites for hydroxylation is 1. The van der Waals surface area contributed by atoms with Crippen LogP contribution in [0.25, 0.3) is 0 Å². The highest BCUT2D eigenvalue weighted by atomic mass is 35.5. The van der Waals surface area contributed by atoms with Gasteiger partial charge in [0.15, 0.2) is 0 Å². The minimum absolute atomic E-state index is 0.538. The zero-order valence-corrected chi connectivity index (χ0v) is 9.70. The van der Waals surface area contributed by atoms with Gasteiger partial charge >= 0.3 is 0 Å². The Morgan fingerprint density at radius 2 is 1.94 bits per heavy atom. The Bertz CT molecular complexity index is 440. The molecular weight excluding hydrogens is 222 g/mol. The molecule has 0 aliphatic heterocycles. The Morgan fingerprint density at radius 3 is 2.69 bits per heavy atom. The Balaban J connectivity index is 2.09. The van der Waals surface area contributed by atoms with E-state index >= 15 is 0 Å². The molecule has 82 valence electrons. The van der Waals surface area contributed by atoms with E-state index in [4.69, 9.17) is 11.6 Å². The predicted molar refractivity (Wildman–Crippen MR) is 65.5 cm³/mol. The molecule has 0 spiro atoms. The van der Waals surface area contributed by atoms with Gasteiger partial charge in [0.25, 0.3) is 0 Å². The van der Waals surface area contributed by atoms with Crippen molar-refractivity contribution >= 4 is 17.3 Å². The van der Waals surface area contributed by atoms with Gasteiger partial charge in [0, 0.05) is 24.5 Å². The molecule has 2 aromatic rings. The average Bonchev–Trinajstić information content (AvgIpc) is 2.30. The van der Waals surface area contributed by atoms with Crippen LogP contribution in [0.3, 0.4) is 0 Å². The molecule has 0 bridgehead atoms. The van der Waals surface area contributed by atoms with Crippen molar-refractivity contribution < 1.29 is 0 Å². The lowest BCUT2D eigenvalue weighted by atomic mass is 10.2. The summed E-state index contributed by atoms with van der Waals surface area (Å²) >= 11 is 5.96. The zero-order chi connectivity index (χ0) is 11.4. The Kier molecular flexibility index (Phi) is 3.37. The lowest BCUT2D eigenvalue weighted by Gasteiger charge is -2.08. The third-order valence-corrected chi connectivity index (χ3v) is 2.65. The second kappa shape index (κ2) is 4.94. The molecule has 0 saturated carbocycles. The summed E-state index contributed by atoms with van der Waals surface area (Å²) < 4.78 is 0. The number of aromatic nitrogens is 2. The first-order valence-electron chi connectivity index (χ1n) is 5.02. The molecule has 4 heteroatoms. The van der Waals surface area contributed by atoms with Crippen LogP contribution in [-0.4, -0.2) is 9.97 Å².